The average molecular weight is 309 g/mol. The molecule has 0 aromatic carbocycles. The van der Waals surface area contributed by atoms with E-state index >= 15 is 0 Å². The van der Waals surface area contributed by atoms with E-state index in [9.17, 15) is 13.2 Å². The quantitative estimate of drug-likeness (QED) is 0.824. The summed E-state index contributed by atoms with van der Waals surface area (Å²) in [5.41, 5.74) is -1.27. The Balaban J connectivity index is 2.16. The molecule has 10 heteroatoms. The highest BCUT2D eigenvalue weighted by Gasteiger charge is 2.48. The zero-order chi connectivity index (χ0) is 16.0. The van der Waals surface area contributed by atoms with Gasteiger partial charge in [-0.2, -0.15) is 13.2 Å². The molecule has 0 amide bonds. The summed E-state index contributed by atoms with van der Waals surface area (Å²) in [7, 11) is 3.44. The first-order chi connectivity index (χ1) is 10.3. The van der Waals surface area contributed by atoms with E-state index in [0.717, 1.165) is 12.6 Å². The first-order valence-electron chi connectivity index (χ1n) is 6.17. The van der Waals surface area contributed by atoms with E-state index in [0.29, 0.717) is 5.95 Å². The smallest absolute Gasteiger partial charge is 0.347 e. The molecule has 1 atom stereocenters. The number of nitrogens with zero attached hydrogens (tertiary/aromatic N) is 7. The monoisotopic (exact) mass is 309 g/mol. The third kappa shape index (κ3) is 2.16. The summed E-state index contributed by atoms with van der Waals surface area (Å²) < 4.78 is 38.7. The first-order valence-corrected chi connectivity index (χ1v) is 6.17. The van der Waals surface area contributed by atoms with Gasteiger partial charge in [-0.1, -0.05) is 0 Å². The van der Waals surface area contributed by atoms with E-state index in [4.69, 9.17) is 0 Å². The van der Waals surface area contributed by atoms with Crippen LogP contribution in [0.4, 0.5) is 19.1 Å². The first kappa shape index (κ1) is 14.3. The molecule has 22 heavy (non-hydrogen) atoms. The molecule has 0 spiro atoms. The van der Waals surface area contributed by atoms with Crippen LogP contribution >= 0.6 is 0 Å². The second-order valence-electron chi connectivity index (χ2n) is 4.76. The number of hydrogen-bond acceptors (Lipinski definition) is 7. The summed E-state index contributed by atoms with van der Waals surface area (Å²) in [6.07, 6.45) is -1.07. The summed E-state index contributed by atoms with van der Waals surface area (Å²) in [6.45, 7) is 0. The Bertz CT molecular complexity index is 732. The Morgan fingerprint density at radius 2 is 2.00 bits per heavy atom. The maximum Gasteiger partial charge on any atom is 0.451 e. The van der Waals surface area contributed by atoms with Crippen LogP contribution in [0.2, 0.25) is 0 Å². The van der Waals surface area contributed by atoms with Crippen molar-refractivity contribution >= 4 is 30.0 Å². The summed E-state index contributed by atoms with van der Waals surface area (Å²) in [4.78, 5) is 24.8. The van der Waals surface area contributed by atoms with Gasteiger partial charge in [0.15, 0.2) is 0 Å². The summed E-state index contributed by atoms with van der Waals surface area (Å²) in [5, 5.41) is 0. The molecule has 1 aromatic heterocycles. The zero-order valence-electron chi connectivity index (χ0n) is 11.6. The SMILES string of the molecule is CN(C)c1nccc(C23N=CN=C2C=NC(C(F)(F)F)=N3)n1. The molecule has 0 saturated heterocycles. The molecule has 0 N–H and O–H groups in total. The molecule has 0 radical (unpaired) electrons. The molecule has 114 valence electrons. The van der Waals surface area contributed by atoms with Crippen molar-refractivity contribution < 1.29 is 13.2 Å². The fourth-order valence-electron chi connectivity index (χ4n) is 1.99. The molecule has 7 nitrogen and oxygen atoms in total. The van der Waals surface area contributed by atoms with E-state index in [2.05, 4.69) is 29.9 Å². The number of amidine groups is 1. The van der Waals surface area contributed by atoms with Gasteiger partial charge in [0, 0.05) is 20.3 Å². The molecule has 3 rings (SSSR count). The van der Waals surface area contributed by atoms with Crippen molar-refractivity contribution in [2.75, 3.05) is 19.0 Å². The van der Waals surface area contributed by atoms with Gasteiger partial charge in [-0.05, 0) is 6.07 Å². The predicted molar refractivity (Wildman–Crippen MR) is 75.9 cm³/mol. The fraction of sp³-hybridized carbons (Fsp3) is 0.333. The van der Waals surface area contributed by atoms with Crippen LogP contribution in [0.15, 0.2) is 32.2 Å². The van der Waals surface area contributed by atoms with Crippen molar-refractivity contribution in [1.82, 2.24) is 9.97 Å². The van der Waals surface area contributed by atoms with Crippen molar-refractivity contribution in [3.8, 4) is 0 Å². The van der Waals surface area contributed by atoms with Crippen LogP contribution in [-0.2, 0) is 5.66 Å². The molecule has 2 aliphatic heterocycles. The lowest BCUT2D eigenvalue weighted by atomic mass is 10.0. The van der Waals surface area contributed by atoms with E-state index in [1.54, 1.807) is 19.0 Å². The number of rotatable bonds is 2. The average Bonchev–Trinajstić information content (AvgIpc) is 2.90. The van der Waals surface area contributed by atoms with E-state index in [1.807, 2.05) is 0 Å². The van der Waals surface area contributed by atoms with Crippen molar-refractivity contribution in [2.24, 2.45) is 20.0 Å². The standard InChI is InChI=1S/C12H10F3N7/c1-22(2)10-16-4-3-7(20-10)11-8(18-6-19-11)5-17-9(21-11)12(13,14)15/h3-6H,1-2H3. The van der Waals surface area contributed by atoms with E-state index < -0.39 is 17.7 Å². The van der Waals surface area contributed by atoms with Crippen molar-refractivity contribution in [3.63, 3.8) is 0 Å². The number of fused-ring (bicyclic) bond motifs is 1. The number of aromatic nitrogens is 2. The lowest BCUT2D eigenvalue weighted by Gasteiger charge is -2.26. The molecule has 1 unspecified atom stereocenters. The molecular formula is C12H10F3N7. The van der Waals surface area contributed by atoms with Crippen LogP contribution in [0.5, 0.6) is 0 Å². The molecule has 0 fully saturated rings. The van der Waals surface area contributed by atoms with Gasteiger partial charge in [0.2, 0.25) is 17.4 Å². The lowest BCUT2D eigenvalue weighted by Crippen LogP contribution is -2.39. The number of hydrogen-bond donors (Lipinski definition) is 0. The predicted octanol–water partition coefficient (Wildman–Crippen LogP) is 1.22. The number of halogens is 3. The molecule has 3 heterocycles. The van der Waals surface area contributed by atoms with Crippen LogP contribution in [0.25, 0.3) is 0 Å². The Morgan fingerprint density at radius 1 is 1.23 bits per heavy atom. The van der Waals surface area contributed by atoms with Crippen molar-refractivity contribution in [1.29, 1.82) is 0 Å². The minimum Gasteiger partial charge on any atom is -0.347 e. The summed E-state index contributed by atoms with van der Waals surface area (Å²) in [6, 6.07) is 1.46. The van der Waals surface area contributed by atoms with Crippen LogP contribution < -0.4 is 4.90 Å². The van der Waals surface area contributed by atoms with Crippen LogP contribution in [0, 0.1) is 0 Å². The molecule has 0 saturated carbocycles. The Hall–Kier alpha value is -2.65. The molecule has 0 aliphatic carbocycles. The minimum absolute atomic E-state index is 0.184. The van der Waals surface area contributed by atoms with Crippen LogP contribution in [0.1, 0.15) is 5.69 Å². The highest BCUT2D eigenvalue weighted by molar-refractivity contribution is 6.40. The highest BCUT2D eigenvalue weighted by atomic mass is 19.4. The van der Waals surface area contributed by atoms with Gasteiger partial charge < -0.3 is 4.90 Å². The van der Waals surface area contributed by atoms with Gasteiger partial charge in [0.25, 0.3) is 0 Å². The Kier molecular flexibility index (Phi) is 3.04. The summed E-state index contributed by atoms with van der Waals surface area (Å²) in [5.74, 6) is -0.935. The van der Waals surface area contributed by atoms with Gasteiger partial charge in [-0.15, -0.1) is 0 Å². The van der Waals surface area contributed by atoms with Gasteiger partial charge in [0.05, 0.1) is 6.21 Å². The topological polar surface area (TPSA) is 78.5 Å². The zero-order valence-corrected chi connectivity index (χ0v) is 11.6. The van der Waals surface area contributed by atoms with Gasteiger partial charge in [0.1, 0.15) is 17.7 Å². The molecular weight excluding hydrogens is 299 g/mol. The molecule has 2 aliphatic rings. The van der Waals surface area contributed by atoms with Gasteiger partial charge >= 0.3 is 6.18 Å². The van der Waals surface area contributed by atoms with Crippen LogP contribution in [0.3, 0.4) is 0 Å². The Labute approximate surface area is 123 Å². The number of aliphatic imine (C=N–C) groups is 4. The van der Waals surface area contributed by atoms with E-state index in [1.165, 1.54) is 12.3 Å². The second-order valence-corrected chi connectivity index (χ2v) is 4.76. The minimum atomic E-state index is -4.68. The van der Waals surface area contributed by atoms with Gasteiger partial charge in [-0.3, -0.25) is 0 Å². The Morgan fingerprint density at radius 3 is 2.68 bits per heavy atom. The highest BCUT2D eigenvalue weighted by Crippen LogP contribution is 2.35. The lowest BCUT2D eigenvalue weighted by molar-refractivity contribution is -0.0602. The summed E-state index contributed by atoms with van der Waals surface area (Å²) >= 11 is 0. The molecule has 1 aromatic rings. The third-order valence-corrected chi connectivity index (χ3v) is 3.03. The maximum absolute atomic E-state index is 12.9. The molecule has 0 bridgehead atoms. The fourth-order valence-corrected chi connectivity index (χ4v) is 1.99. The van der Waals surface area contributed by atoms with E-state index in [-0.39, 0.29) is 11.4 Å². The number of alkyl halides is 3. The second kappa shape index (κ2) is 4.68. The third-order valence-electron chi connectivity index (χ3n) is 3.03. The number of anilines is 1. The largest absolute Gasteiger partial charge is 0.451 e. The van der Waals surface area contributed by atoms with Gasteiger partial charge in [-0.25, -0.2) is 29.9 Å². The normalized spacial score (nSPS) is 23.1. The van der Waals surface area contributed by atoms with Crippen molar-refractivity contribution in [2.45, 2.75) is 11.8 Å². The van der Waals surface area contributed by atoms with Crippen LogP contribution in [-0.4, -0.2) is 54.3 Å². The maximum atomic E-state index is 12.9. The van der Waals surface area contributed by atoms with Crippen molar-refractivity contribution in [3.05, 3.63) is 18.0 Å².